The average Bonchev–Trinajstić information content (AvgIpc) is 3.01. The van der Waals surface area contributed by atoms with E-state index < -0.39 is 0 Å². The normalized spacial score (nSPS) is 23.2. The first kappa shape index (κ1) is 11.7. The summed E-state index contributed by atoms with van der Waals surface area (Å²) < 4.78 is 2.03. The van der Waals surface area contributed by atoms with E-state index in [1.54, 1.807) is 6.20 Å². The lowest BCUT2D eigenvalue weighted by atomic mass is 10.2. The Hall–Kier alpha value is -1.42. The highest BCUT2D eigenvalue weighted by molar-refractivity contribution is 8.00. The molecule has 1 aromatic carbocycles. The van der Waals surface area contributed by atoms with Gasteiger partial charge in [0.05, 0.1) is 6.33 Å². The van der Waals surface area contributed by atoms with Crippen LogP contribution in [0, 0.1) is 0 Å². The van der Waals surface area contributed by atoms with Crippen molar-refractivity contribution >= 4 is 17.4 Å². The second-order valence-electron chi connectivity index (χ2n) is 4.74. The first-order valence-electron chi connectivity index (χ1n) is 6.28. The highest BCUT2D eigenvalue weighted by Gasteiger charge is 2.21. The van der Waals surface area contributed by atoms with Crippen molar-refractivity contribution in [2.45, 2.75) is 24.6 Å². The fourth-order valence-electron chi connectivity index (χ4n) is 2.32. The van der Waals surface area contributed by atoms with E-state index in [0.717, 1.165) is 10.9 Å². The molecule has 3 rings (SSSR count). The average molecular weight is 259 g/mol. The van der Waals surface area contributed by atoms with Gasteiger partial charge in [0.1, 0.15) is 0 Å². The van der Waals surface area contributed by atoms with Crippen LogP contribution in [0.15, 0.2) is 43.0 Å². The second-order valence-corrected chi connectivity index (χ2v) is 6.21. The van der Waals surface area contributed by atoms with E-state index in [9.17, 15) is 0 Å². The van der Waals surface area contributed by atoms with Gasteiger partial charge in [-0.05, 0) is 24.6 Å². The molecule has 94 valence electrons. The van der Waals surface area contributed by atoms with E-state index in [-0.39, 0.29) is 0 Å². The smallest absolute Gasteiger partial charge is 0.0991 e. The summed E-state index contributed by atoms with van der Waals surface area (Å²) in [6.45, 7) is 2.30. The predicted octanol–water partition coefficient (Wildman–Crippen LogP) is 3.18. The molecule has 1 aliphatic rings. The van der Waals surface area contributed by atoms with Crippen molar-refractivity contribution in [2.24, 2.45) is 0 Å². The number of hydrogen-bond donors (Lipinski definition) is 1. The molecule has 1 fully saturated rings. The van der Waals surface area contributed by atoms with Gasteiger partial charge in [0.2, 0.25) is 0 Å². The summed E-state index contributed by atoms with van der Waals surface area (Å²) in [5, 5.41) is 4.40. The zero-order valence-corrected chi connectivity index (χ0v) is 11.2. The zero-order chi connectivity index (χ0) is 12.4. The minimum Gasteiger partial charge on any atom is -0.381 e. The van der Waals surface area contributed by atoms with Crippen molar-refractivity contribution in [1.29, 1.82) is 0 Å². The molecule has 2 atom stereocenters. The summed E-state index contributed by atoms with van der Waals surface area (Å²) in [5.74, 6) is 1.20. The van der Waals surface area contributed by atoms with E-state index in [4.69, 9.17) is 0 Å². The number of nitrogens with one attached hydrogen (secondary N) is 1. The van der Waals surface area contributed by atoms with E-state index in [2.05, 4.69) is 41.5 Å². The molecule has 3 nitrogen and oxygen atoms in total. The van der Waals surface area contributed by atoms with Gasteiger partial charge in [-0.1, -0.05) is 13.0 Å². The number of aromatic nitrogens is 2. The Labute approximate surface area is 112 Å². The molecule has 0 amide bonds. The van der Waals surface area contributed by atoms with Gasteiger partial charge in [-0.3, -0.25) is 0 Å². The van der Waals surface area contributed by atoms with Crippen molar-refractivity contribution in [2.75, 3.05) is 11.1 Å². The Morgan fingerprint density at radius 2 is 2.39 bits per heavy atom. The summed E-state index contributed by atoms with van der Waals surface area (Å²) >= 11 is 2.05. The monoisotopic (exact) mass is 259 g/mol. The van der Waals surface area contributed by atoms with Gasteiger partial charge in [0, 0.05) is 40.8 Å². The highest BCUT2D eigenvalue weighted by atomic mass is 32.2. The Bertz CT molecular complexity index is 510. The zero-order valence-electron chi connectivity index (χ0n) is 10.4. The Balaban J connectivity index is 1.75. The van der Waals surface area contributed by atoms with Gasteiger partial charge in [-0.15, -0.1) is 0 Å². The summed E-state index contributed by atoms with van der Waals surface area (Å²) in [5.41, 5.74) is 2.34. The third-order valence-electron chi connectivity index (χ3n) is 3.22. The molecule has 0 bridgehead atoms. The SMILES string of the molecule is CC1CC(Nc2cccc(-n3ccnc3)c2)CS1. The summed E-state index contributed by atoms with van der Waals surface area (Å²) in [6.07, 6.45) is 6.84. The molecule has 0 aliphatic carbocycles. The minimum absolute atomic E-state index is 0.600. The molecule has 0 saturated carbocycles. The highest BCUT2D eigenvalue weighted by Crippen LogP contribution is 2.28. The number of anilines is 1. The molecular formula is C14H17N3S. The molecule has 1 saturated heterocycles. The summed E-state index contributed by atoms with van der Waals surface area (Å²) in [7, 11) is 0. The van der Waals surface area contributed by atoms with Crippen LogP contribution in [-0.4, -0.2) is 26.6 Å². The molecule has 18 heavy (non-hydrogen) atoms. The molecule has 1 N–H and O–H groups in total. The summed E-state index contributed by atoms with van der Waals surface area (Å²) in [6, 6.07) is 9.09. The second kappa shape index (κ2) is 5.06. The Kier molecular flexibility index (Phi) is 3.28. The van der Waals surface area contributed by atoms with Crippen LogP contribution in [0.4, 0.5) is 5.69 Å². The van der Waals surface area contributed by atoms with Gasteiger partial charge < -0.3 is 9.88 Å². The van der Waals surface area contributed by atoms with Crippen molar-refractivity contribution in [1.82, 2.24) is 9.55 Å². The molecule has 1 aromatic heterocycles. The number of imidazole rings is 1. The number of hydrogen-bond acceptors (Lipinski definition) is 3. The van der Waals surface area contributed by atoms with Gasteiger partial charge in [-0.2, -0.15) is 11.8 Å². The van der Waals surface area contributed by atoms with Crippen molar-refractivity contribution in [3.05, 3.63) is 43.0 Å². The van der Waals surface area contributed by atoms with Crippen molar-refractivity contribution in [3.8, 4) is 5.69 Å². The van der Waals surface area contributed by atoms with Crippen LogP contribution in [0.25, 0.3) is 5.69 Å². The van der Waals surface area contributed by atoms with E-state index in [1.165, 1.54) is 17.9 Å². The molecule has 4 heteroatoms. The first-order chi connectivity index (χ1) is 8.81. The topological polar surface area (TPSA) is 29.9 Å². The van der Waals surface area contributed by atoms with Crippen LogP contribution in [0.1, 0.15) is 13.3 Å². The van der Waals surface area contributed by atoms with Crippen LogP contribution < -0.4 is 5.32 Å². The van der Waals surface area contributed by atoms with Crippen LogP contribution in [0.3, 0.4) is 0 Å². The standard InChI is InChI=1S/C14H17N3S/c1-11-7-13(9-18-11)16-12-3-2-4-14(8-12)17-6-5-15-10-17/h2-6,8,10-11,13,16H,7,9H2,1H3. The van der Waals surface area contributed by atoms with Crippen LogP contribution in [0.5, 0.6) is 0 Å². The Morgan fingerprint density at radius 1 is 1.44 bits per heavy atom. The Morgan fingerprint density at radius 3 is 3.11 bits per heavy atom. The number of nitrogens with zero attached hydrogens (tertiary/aromatic N) is 2. The molecule has 2 aromatic rings. The van der Waals surface area contributed by atoms with Gasteiger partial charge in [0.15, 0.2) is 0 Å². The maximum atomic E-state index is 4.08. The fraction of sp³-hybridized carbons (Fsp3) is 0.357. The molecule has 0 spiro atoms. The van der Waals surface area contributed by atoms with Crippen molar-refractivity contribution in [3.63, 3.8) is 0 Å². The molecule has 2 unspecified atom stereocenters. The van der Waals surface area contributed by atoms with E-state index in [0.29, 0.717) is 6.04 Å². The third kappa shape index (κ3) is 2.53. The maximum Gasteiger partial charge on any atom is 0.0991 e. The third-order valence-corrected chi connectivity index (χ3v) is 4.57. The van der Waals surface area contributed by atoms with Crippen LogP contribution >= 0.6 is 11.8 Å². The number of thioether (sulfide) groups is 1. The lowest BCUT2D eigenvalue weighted by molar-refractivity contribution is 0.747. The minimum atomic E-state index is 0.600. The van der Waals surface area contributed by atoms with Crippen LogP contribution in [0.2, 0.25) is 0 Å². The first-order valence-corrected chi connectivity index (χ1v) is 7.33. The fourth-order valence-corrected chi connectivity index (χ4v) is 3.47. The quantitative estimate of drug-likeness (QED) is 0.918. The van der Waals surface area contributed by atoms with E-state index >= 15 is 0 Å². The maximum absolute atomic E-state index is 4.08. The lowest BCUT2D eigenvalue weighted by Gasteiger charge is -2.14. The number of benzene rings is 1. The predicted molar refractivity (Wildman–Crippen MR) is 77.5 cm³/mol. The van der Waals surface area contributed by atoms with Gasteiger partial charge in [0.25, 0.3) is 0 Å². The van der Waals surface area contributed by atoms with Crippen molar-refractivity contribution < 1.29 is 0 Å². The molecule has 2 heterocycles. The lowest BCUT2D eigenvalue weighted by Crippen LogP contribution is -2.18. The summed E-state index contributed by atoms with van der Waals surface area (Å²) in [4.78, 5) is 4.08. The van der Waals surface area contributed by atoms with Crippen LogP contribution in [-0.2, 0) is 0 Å². The molecule has 0 radical (unpaired) electrons. The van der Waals surface area contributed by atoms with Gasteiger partial charge >= 0.3 is 0 Å². The number of rotatable bonds is 3. The van der Waals surface area contributed by atoms with E-state index in [1.807, 2.05) is 28.9 Å². The van der Waals surface area contributed by atoms with Gasteiger partial charge in [-0.25, -0.2) is 4.98 Å². The molecule has 1 aliphatic heterocycles. The largest absolute Gasteiger partial charge is 0.381 e. The molecular weight excluding hydrogens is 242 g/mol.